The molecule has 6 nitrogen and oxygen atoms in total. The van der Waals surface area contributed by atoms with Crippen LogP contribution in [-0.4, -0.2) is 45.5 Å². The largest absolute Gasteiger partial charge is 0.447 e. The van der Waals surface area contributed by atoms with Gasteiger partial charge in [0.25, 0.3) is 10.0 Å². The fraction of sp³-hybridized carbons (Fsp3) is 0.714. The molecule has 1 aromatic rings. The van der Waals surface area contributed by atoms with Gasteiger partial charge in [0, 0.05) is 12.6 Å². The van der Waals surface area contributed by atoms with E-state index in [2.05, 4.69) is 14.9 Å². The minimum absolute atomic E-state index is 0.0105. The van der Waals surface area contributed by atoms with E-state index >= 15 is 0 Å². The lowest BCUT2D eigenvalue weighted by Crippen LogP contribution is -2.40. The summed E-state index contributed by atoms with van der Waals surface area (Å²) in [4.78, 5) is 2.28. The van der Waals surface area contributed by atoms with Crippen LogP contribution in [0.4, 0.5) is 0 Å². The Hall–Kier alpha value is -0.890. The van der Waals surface area contributed by atoms with Crippen molar-refractivity contribution in [1.29, 1.82) is 0 Å². The maximum absolute atomic E-state index is 12.3. The summed E-state index contributed by atoms with van der Waals surface area (Å²) in [6.45, 7) is 8.08. The monoisotopic (exact) mass is 315 g/mol. The summed E-state index contributed by atoms with van der Waals surface area (Å²) < 4.78 is 32.6. The molecule has 7 heteroatoms. The SMILES string of the molecule is CCNCc1ccc(S(=O)(=O)NC(C)CN2CCCC2)o1. The number of hydrogen-bond donors (Lipinski definition) is 2. The minimum atomic E-state index is -3.58. The van der Waals surface area contributed by atoms with Crippen LogP contribution in [0.5, 0.6) is 0 Å². The Kier molecular flexibility index (Phi) is 5.80. The number of hydrogen-bond acceptors (Lipinski definition) is 5. The van der Waals surface area contributed by atoms with Crippen LogP contribution in [-0.2, 0) is 16.6 Å². The first-order valence-electron chi connectivity index (χ1n) is 7.55. The van der Waals surface area contributed by atoms with Gasteiger partial charge in [-0.1, -0.05) is 6.92 Å². The smallest absolute Gasteiger partial charge is 0.274 e. The molecular formula is C14H25N3O3S. The molecule has 1 aromatic heterocycles. The van der Waals surface area contributed by atoms with Crippen LogP contribution < -0.4 is 10.0 Å². The Morgan fingerprint density at radius 3 is 2.71 bits per heavy atom. The van der Waals surface area contributed by atoms with Crippen LogP contribution in [0.1, 0.15) is 32.4 Å². The van der Waals surface area contributed by atoms with Gasteiger partial charge in [0.15, 0.2) is 0 Å². The van der Waals surface area contributed by atoms with Gasteiger partial charge in [-0.05, 0) is 51.5 Å². The second-order valence-electron chi connectivity index (χ2n) is 5.53. The molecule has 1 aliphatic rings. The lowest BCUT2D eigenvalue weighted by Gasteiger charge is -2.20. The second-order valence-corrected chi connectivity index (χ2v) is 7.18. The summed E-state index contributed by atoms with van der Waals surface area (Å²) in [5, 5.41) is 3.09. The Morgan fingerprint density at radius 1 is 1.33 bits per heavy atom. The Morgan fingerprint density at radius 2 is 2.05 bits per heavy atom. The van der Waals surface area contributed by atoms with Crippen molar-refractivity contribution >= 4 is 10.0 Å². The van der Waals surface area contributed by atoms with Crippen molar-refractivity contribution in [3.63, 3.8) is 0 Å². The molecule has 1 fully saturated rings. The number of nitrogens with one attached hydrogen (secondary N) is 2. The fourth-order valence-corrected chi connectivity index (χ4v) is 3.74. The highest BCUT2D eigenvalue weighted by Crippen LogP contribution is 2.15. The first-order valence-corrected chi connectivity index (χ1v) is 9.03. The standard InChI is InChI=1S/C14H25N3O3S/c1-3-15-10-13-6-7-14(20-13)21(18,19)16-12(2)11-17-8-4-5-9-17/h6-7,12,15-16H,3-5,8-11H2,1-2H3. The normalized spacial score (nSPS) is 18.2. The zero-order valence-corrected chi connectivity index (χ0v) is 13.6. The lowest BCUT2D eigenvalue weighted by atomic mass is 10.3. The van der Waals surface area contributed by atoms with Gasteiger partial charge in [-0.15, -0.1) is 0 Å². The molecule has 120 valence electrons. The highest BCUT2D eigenvalue weighted by atomic mass is 32.2. The highest BCUT2D eigenvalue weighted by Gasteiger charge is 2.23. The molecule has 0 aliphatic carbocycles. The van der Waals surface area contributed by atoms with Gasteiger partial charge in [-0.25, -0.2) is 13.1 Å². The van der Waals surface area contributed by atoms with E-state index in [4.69, 9.17) is 4.42 Å². The van der Waals surface area contributed by atoms with Gasteiger partial charge in [-0.3, -0.25) is 0 Å². The summed E-state index contributed by atoms with van der Waals surface area (Å²) in [5.41, 5.74) is 0. The van der Waals surface area contributed by atoms with E-state index in [1.807, 2.05) is 13.8 Å². The van der Waals surface area contributed by atoms with E-state index in [0.29, 0.717) is 12.3 Å². The first-order chi connectivity index (χ1) is 10.0. The van der Waals surface area contributed by atoms with Crippen molar-refractivity contribution in [2.75, 3.05) is 26.2 Å². The van der Waals surface area contributed by atoms with E-state index in [-0.39, 0.29) is 11.1 Å². The van der Waals surface area contributed by atoms with Crippen molar-refractivity contribution in [3.8, 4) is 0 Å². The van der Waals surface area contributed by atoms with E-state index in [1.165, 1.54) is 18.9 Å². The van der Waals surface area contributed by atoms with Gasteiger partial charge in [0.1, 0.15) is 5.76 Å². The quantitative estimate of drug-likeness (QED) is 0.753. The van der Waals surface area contributed by atoms with Crippen LogP contribution >= 0.6 is 0 Å². The second kappa shape index (κ2) is 7.40. The molecule has 0 radical (unpaired) electrons. The fourth-order valence-electron chi connectivity index (χ4n) is 2.56. The van der Waals surface area contributed by atoms with E-state index in [0.717, 1.165) is 26.2 Å². The molecule has 1 unspecified atom stereocenters. The predicted molar refractivity (Wildman–Crippen MR) is 81.5 cm³/mol. The van der Waals surface area contributed by atoms with Gasteiger partial charge in [-0.2, -0.15) is 0 Å². The zero-order chi connectivity index (χ0) is 15.3. The predicted octanol–water partition coefficient (Wildman–Crippen LogP) is 1.15. The molecule has 2 heterocycles. The Balaban J connectivity index is 1.92. The first kappa shape index (κ1) is 16.5. The van der Waals surface area contributed by atoms with Gasteiger partial charge >= 0.3 is 0 Å². The van der Waals surface area contributed by atoms with Crippen molar-refractivity contribution in [1.82, 2.24) is 14.9 Å². The van der Waals surface area contributed by atoms with Crippen LogP contribution in [0.2, 0.25) is 0 Å². The van der Waals surface area contributed by atoms with Gasteiger partial charge in [0.2, 0.25) is 5.09 Å². The van der Waals surface area contributed by atoms with E-state index in [1.54, 1.807) is 6.07 Å². The molecule has 2 N–H and O–H groups in total. The van der Waals surface area contributed by atoms with Crippen LogP contribution in [0.3, 0.4) is 0 Å². The molecule has 1 saturated heterocycles. The summed E-state index contributed by atoms with van der Waals surface area (Å²) in [5.74, 6) is 0.629. The summed E-state index contributed by atoms with van der Waals surface area (Å²) in [7, 11) is -3.58. The van der Waals surface area contributed by atoms with Gasteiger partial charge < -0.3 is 14.6 Å². The maximum atomic E-state index is 12.3. The molecule has 0 aromatic carbocycles. The third-order valence-electron chi connectivity index (χ3n) is 3.54. The summed E-state index contributed by atoms with van der Waals surface area (Å²) in [6.07, 6.45) is 2.40. The third kappa shape index (κ3) is 4.81. The molecule has 0 bridgehead atoms. The van der Waals surface area contributed by atoms with E-state index < -0.39 is 10.0 Å². The lowest BCUT2D eigenvalue weighted by molar-refractivity contribution is 0.311. The number of nitrogens with zero attached hydrogens (tertiary/aromatic N) is 1. The number of sulfonamides is 1. The summed E-state index contributed by atoms with van der Waals surface area (Å²) >= 11 is 0. The van der Waals surface area contributed by atoms with Crippen LogP contribution in [0.15, 0.2) is 21.6 Å². The average Bonchev–Trinajstić information content (AvgIpc) is 3.06. The molecule has 0 saturated carbocycles. The minimum Gasteiger partial charge on any atom is -0.447 e. The van der Waals surface area contributed by atoms with Gasteiger partial charge in [0.05, 0.1) is 6.54 Å². The van der Waals surface area contributed by atoms with Crippen molar-refractivity contribution in [3.05, 3.63) is 17.9 Å². The topological polar surface area (TPSA) is 74.6 Å². The van der Waals surface area contributed by atoms with Crippen molar-refractivity contribution < 1.29 is 12.8 Å². The van der Waals surface area contributed by atoms with Crippen molar-refractivity contribution in [2.45, 2.75) is 44.4 Å². The molecule has 2 rings (SSSR count). The van der Waals surface area contributed by atoms with Crippen molar-refractivity contribution in [2.24, 2.45) is 0 Å². The number of rotatable bonds is 8. The summed E-state index contributed by atoms with van der Waals surface area (Å²) in [6, 6.07) is 3.08. The molecule has 0 spiro atoms. The number of furan rings is 1. The van der Waals surface area contributed by atoms with Crippen LogP contribution in [0, 0.1) is 0 Å². The van der Waals surface area contributed by atoms with Crippen LogP contribution in [0.25, 0.3) is 0 Å². The molecule has 1 atom stereocenters. The Labute approximate surface area is 126 Å². The third-order valence-corrected chi connectivity index (χ3v) is 5.00. The number of likely N-dealkylation sites (tertiary alicyclic amines) is 1. The maximum Gasteiger partial charge on any atom is 0.274 e. The Bertz CT molecular complexity index is 535. The zero-order valence-electron chi connectivity index (χ0n) is 12.8. The average molecular weight is 315 g/mol. The molecule has 1 aliphatic heterocycles. The molecule has 0 amide bonds. The molecule has 21 heavy (non-hydrogen) atoms. The molecular weight excluding hydrogens is 290 g/mol. The highest BCUT2D eigenvalue weighted by molar-refractivity contribution is 7.89. The van der Waals surface area contributed by atoms with E-state index in [9.17, 15) is 8.42 Å².